The normalized spacial score (nSPS) is 19.2. The number of hydrogen-bond donors (Lipinski definition) is 1. The molecular weight excluding hydrogens is 264 g/mol. The summed E-state index contributed by atoms with van der Waals surface area (Å²) in [4.78, 5) is 14.3. The quantitative estimate of drug-likeness (QED) is 0.873. The fourth-order valence-corrected chi connectivity index (χ4v) is 2.77. The van der Waals surface area contributed by atoms with Crippen LogP contribution in [0.4, 0.5) is 0 Å². The summed E-state index contributed by atoms with van der Waals surface area (Å²) in [5.41, 5.74) is 1.21. The highest BCUT2D eigenvalue weighted by atomic mass is 16.5. The monoisotopic (exact) mass is 290 g/mol. The predicted octanol–water partition coefficient (Wildman–Crippen LogP) is 2.23. The van der Waals surface area contributed by atoms with Gasteiger partial charge in [0.1, 0.15) is 5.75 Å². The Kier molecular flexibility index (Phi) is 6.05. The molecule has 1 aliphatic heterocycles. The summed E-state index contributed by atoms with van der Waals surface area (Å²) in [6.45, 7) is 4.48. The van der Waals surface area contributed by atoms with Crippen LogP contribution in [0.3, 0.4) is 0 Å². The first-order valence-electron chi connectivity index (χ1n) is 7.82. The Morgan fingerprint density at radius 1 is 1.33 bits per heavy atom. The molecule has 2 rings (SSSR count). The summed E-state index contributed by atoms with van der Waals surface area (Å²) in [6.07, 6.45) is 4.56. The zero-order valence-electron chi connectivity index (χ0n) is 13.1. The summed E-state index contributed by atoms with van der Waals surface area (Å²) in [5.74, 6) is 0.999. The zero-order chi connectivity index (χ0) is 15.1. The fraction of sp³-hybridized carbons (Fsp3) is 0.588. The number of benzene rings is 1. The minimum absolute atomic E-state index is 0.136. The summed E-state index contributed by atoms with van der Waals surface area (Å²) < 4.78 is 5.13. The van der Waals surface area contributed by atoms with Gasteiger partial charge in [0.2, 0.25) is 5.91 Å². The van der Waals surface area contributed by atoms with Crippen molar-refractivity contribution in [2.45, 2.75) is 38.6 Å². The molecule has 0 bridgehead atoms. The van der Waals surface area contributed by atoms with Crippen molar-refractivity contribution < 1.29 is 9.53 Å². The van der Waals surface area contributed by atoms with Crippen LogP contribution in [0, 0.1) is 0 Å². The van der Waals surface area contributed by atoms with Crippen molar-refractivity contribution >= 4 is 5.91 Å². The number of carbonyl (C=O) groups is 1. The van der Waals surface area contributed by atoms with E-state index in [9.17, 15) is 4.79 Å². The molecule has 0 unspecified atom stereocenters. The van der Waals surface area contributed by atoms with Gasteiger partial charge in [0, 0.05) is 12.6 Å². The molecule has 1 fully saturated rings. The van der Waals surface area contributed by atoms with E-state index in [4.69, 9.17) is 4.74 Å². The molecule has 1 aliphatic rings. The molecule has 1 saturated heterocycles. The van der Waals surface area contributed by atoms with E-state index in [2.05, 4.69) is 17.1 Å². The molecule has 1 N–H and O–H groups in total. The first-order chi connectivity index (χ1) is 10.2. The minimum Gasteiger partial charge on any atom is -0.497 e. The standard InChI is InChI=1S/C17H26N2O2/c1-14-5-3-4-12-19(14)13-17(20)18-11-10-15-6-8-16(21-2)9-7-15/h6-9,14H,3-5,10-13H2,1-2H3,(H,18,20)/t14-/m0/s1. The fourth-order valence-electron chi connectivity index (χ4n) is 2.77. The first-order valence-corrected chi connectivity index (χ1v) is 7.82. The van der Waals surface area contributed by atoms with Crippen molar-refractivity contribution in [1.82, 2.24) is 10.2 Å². The lowest BCUT2D eigenvalue weighted by atomic mass is 10.0. The SMILES string of the molecule is COc1ccc(CCNC(=O)CN2CCCC[C@@H]2C)cc1. The highest BCUT2D eigenvalue weighted by molar-refractivity contribution is 5.78. The number of hydrogen-bond acceptors (Lipinski definition) is 3. The van der Waals surface area contributed by atoms with Gasteiger partial charge in [0.25, 0.3) is 0 Å². The van der Waals surface area contributed by atoms with Crippen molar-refractivity contribution in [3.05, 3.63) is 29.8 Å². The van der Waals surface area contributed by atoms with E-state index in [-0.39, 0.29) is 5.91 Å². The maximum atomic E-state index is 12.0. The second kappa shape index (κ2) is 8.03. The van der Waals surface area contributed by atoms with E-state index < -0.39 is 0 Å². The van der Waals surface area contributed by atoms with Crippen molar-refractivity contribution in [2.75, 3.05) is 26.7 Å². The molecule has 1 heterocycles. The Morgan fingerprint density at radius 3 is 2.76 bits per heavy atom. The number of rotatable bonds is 6. The third kappa shape index (κ3) is 5.05. The third-order valence-corrected chi connectivity index (χ3v) is 4.18. The van der Waals surface area contributed by atoms with E-state index in [0.717, 1.165) is 18.7 Å². The van der Waals surface area contributed by atoms with Gasteiger partial charge in [0.05, 0.1) is 13.7 Å². The van der Waals surface area contributed by atoms with Crippen LogP contribution in [0.15, 0.2) is 24.3 Å². The summed E-state index contributed by atoms with van der Waals surface area (Å²) in [6, 6.07) is 8.51. The lowest BCUT2D eigenvalue weighted by Crippen LogP contribution is -2.44. The molecule has 4 nitrogen and oxygen atoms in total. The van der Waals surface area contributed by atoms with Gasteiger partial charge in [-0.2, -0.15) is 0 Å². The highest BCUT2D eigenvalue weighted by Gasteiger charge is 2.20. The Bertz CT molecular complexity index is 445. The molecule has 1 aromatic carbocycles. The molecule has 1 atom stereocenters. The van der Waals surface area contributed by atoms with Gasteiger partial charge in [0.15, 0.2) is 0 Å². The average Bonchev–Trinajstić information content (AvgIpc) is 2.50. The molecule has 0 aliphatic carbocycles. The van der Waals surface area contributed by atoms with Gasteiger partial charge < -0.3 is 10.1 Å². The second-order valence-corrected chi connectivity index (χ2v) is 5.76. The first kappa shape index (κ1) is 15.8. The van der Waals surface area contributed by atoms with Crippen molar-refractivity contribution in [2.24, 2.45) is 0 Å². The predicted molar refractivity (Wildman–Crippen MR) is 84.6 cm³/mol. The number of ether oxygens (including phenoxy) is 1. The number of methoxy groups -OCH3 is 1. The van der Waals surface area contributed by atoms with E-state index in [1.54, 1.807) is 7.11 Å². The van der Waals surface area contributed by atoms with E-state index in [1.165, 1.54) is 24.8 Å². The lowest BCUT2D eigenvalue weighted by molar-refractivity contribution is -0.123. The van der Waals surface area contributed by atoms with E-state index in [0.29, 0.717) is 19.1 Å². The summed E-state index contributed by atoms with van der Waals surface area (Å²) >= 11 is 0. The summed E-state index contributed by atoms with van der Waals surface area (Å²) in [5, 5.41) is 3.02. The molecule has 4 heteroatoms. The number of piperidine rings is 1. The van der Waals surface area contributed by atoms with Crippen LogP contribution < -0.4 is 10.1 Å². The van der Waals surface area contributed by atoms with Gasteiger partial charge in [-0.15, -0.1) is 0 Å². The van der Waals surface area contributed by atoms with E-state index >= 15 is 0 Å². The van der Waals surface area contributed by atoms with Gasteiger partial charge in [-0.1, -0.05) is 18.6 Å². The third-order valence-electron chi connectivity index (χ3n) is 4.18. The molecule has 0 spiro atoms. The van der Waals surface area contributed by atoms with Crippen molar-refractivity contribution in [1.29, 1.82) is 0 Å². The maximum Gasteiger partial charge on any atom is 0.234 e. The van der Waals surface area contributed by atoms with Crippen LogP contribution in [0.1, 0.15) is 31.7 Å². The van der Waals surface area contributed by atoms with Crippen LogP contribution in [-0.2, 0) is 11.2 Å². The van der Waals surface area contributed by atoms with E-state index in [1.807, 2.05) is 24.3 Å². The number of nitrogens with zero attached hydrogens (tertiary/aromatic N) is 1. The van der Waals surface area contributed by atoms with Gasteiger partial charge in [-0.25, -0.2) is 0 Å². The Balaban J connectivity index is 1.68. The molecule has 0 radical (unpaired) electrons. The number of likely N-dealkylation sites (tertiary alicyclic amines) is 1. The molecule has 116 valence electrons. The Labute approximate surface area is 127 Å². The lowest BCUT2D eigenvalue weighted by Gasteiger charge is -2.32. The largest absolute Gasteiger partial charge is 0.497 e. The van der Waals surface area contributed by atoms with Crippen LogP contribution in [0.5, 0.6) is 5.75 Å². The number of carbonyl (C=O) groups excluding carboxylic acids is 1. The molecule has 21 heavy (non-hydrogen) atoms. The highest BCUT2D eigenvalue weighted by Crippen LogP contribution is 2.15. The zero-order valence-corrected chi connectivity index (χ0v) is 13.1. The number of nitrogens with one attached hydrogen (secondary N) is 1. The minimum atomic E-state index is 0.136. The molecule has 1 amide bonds. The van der Waals surface area contributed by atoms with Crippen molar-refractivity contribution in [3.8, 4) is 5.75 Å². The maximum absolute atomic E-state index is 12.0. The van der Waals surface area contributed by atoms with Gasteiger partial charge >= 0.3 is 0 Å². The van der Waals surface area contributed by atoms with Crippen molar-refractivity contribution in [3.63, 3.8) is 0 Å². The van der Waals surface area contributed by atoms with Crippen LogP contribution >= 0.6 is 0 Å². The van der Waals surface area contributed by atoms with Crippen LogP contribution in [0.2, 0.25) is 0 Å². The van der Waals surface area contributed by atoms with Gasteiger partial charge in [-0.3, -0.25) is 9.69 Å². The Hall–Kier alpha value is -1.55. The molecule has 1 aromatic rings. The molecule has 0 aromatic heterocycles. The molecular formula is C17H26N2O2. The van der Waals surface area contributed by atoms with Crippen LogP contribution in [0.25, 0.3) is 0 Å². The second-order valence-electron chi connectivity index (χ2n) is 5.76. The Morgan fingerprint density at radius 2 is 2.10 bits per heavy atom. The van der Waals surface area contributed by atoms with Gasteiger partial charge in [-0.05, 0) is 50.4 Å². The molecule has 0 saturated carbocycles. The summed E-state index contributed by atoms with van der Waals surface area (Å²) in [7, 11) is 1.66. The van der Waals surface area contributed by atoms with Crippen LogP contribution in [-0.4, -0.2) is 43.6 Å². The topological polar surface area (TPSA) is 41.6 Å². The smallest absolute Gasteiger partial charge is 0.234 e. The number of amides is 1. The average molecular weight is 290 g/mol.